The lowest BCUT2D eigenvalue weighted by Gasteiger charge is -2.00. The maximum atomic E-state index is 11.6. The van der Waals surface area contributed by atoms with Crippen molar-refractivity contribution in [2.24, 2.45) is 0 Å². The molecule has 0 radical (unpaired) electrons. The minimum Gasteiger partial charge on any atom is -0.497 e. The van der Waals surface area contributed by atoms with Crippen LogP contribution in [0.15, 0.2) is 42.0 Å². The quantitative estimate of drug-likeness (QED) is 0.707. The molecule has 0 unspecified atom stereocenters. The average Bonchev–Trinajstić information content (AvgIpc) is 2.62. The molecule has 0 saturated heterocycles. The molecule has 1 fully saturated rings. The second-order valence-electron chi connectivity index (χ2n) is 3.88. The van der Waals surface area contributed by atoms with E-state index in [2.05, 4.69) is 6.58 Å². The molecular formula is C14H14O2. The van der Waals surface area contributed by atoms with Crippen LogP contribution in [0.5, 0.6) is 5.75 Å². The number of carbonyl (C=O) groups excluding carboxylic acids is 1. The third-order valence-corrected chi connectivity index (χ3v) is 2.77. The van der Waals surface area contributed by atoms with Gasteiger partial charge in [-0.25, -0.2) is 0 Å². The van der Waals surface area contributed by atoms with E-state index in [1.807, 2.05) is 30.3 Å². The lowest BCUT2D eigenvalue weighted by molar-refractivity contribution is -0.111. The topological polar surface area (TPSA) is 26.3 Å². The fourth-order valence-electron chi connectivity index (χ4n) is 1.78. The summed E-state index contributed by atoms with van der Waals surface area (Å²) in [5.41, 5.74) is 2.61. The fraction of sp³-hybridized carbons (Fsp3) is 0.214. The normalized spacial score (nSPS) is 18.2. The Labute approximate surface area is 95.2 Å². The first-order valence-electron chi connectivity index (χ1n) is 5.28. The van der Waals surface area contributed by atoms with Crippen molar-refractivity contribution < 1.29 is 9.53 Å². The van der Waals surface area contributed by atoms with E-state index in [4.69, 9.17) is 4.74 Å². The van der Waals surface area contributed by atoms with E-state index in [9.17, 15) is 4.79 Å². The Hall–Kier alpha value is -1.83. The maximum absolute atomic E-state index is 11.6. The average molecular weight is 214 g/mol. The van der Waals surface area contributed by atoms with Gasteiger partial charge >= 0.3 is 0 Å². The molecule has 1 aromatic carbocycles. The monoisotopic (exact) mass is 214 g/mol. The molecule has 0 aliphatic heterocycles. The first kappa shape index (κ1) is 10.7. The van der Waals surface area contributed by atoms with Crippen molar-refractivity contribution in [2.45, 2.75) is 12.8 Å². The molecule has 1 aliphatic rings. The van der Waals surface area contributed by atoms with E-state index in [-0.39, 0.29) is 5.78 Å². The minimum atomic E-state index is 0.107. The highest BCUT2D eigenvalue weighted by atomic mass is 16.5. The van der Waals surface area contributed by atoms with Crippen LogP contribution in [0.25, 0.3) is 6.08 Å². The predicted octanol–water partition coefficient (Wildman–Crippen LogP) is 3.00. The Morgan fingerprint density at radius 3 is 2.44 bits per heavy atom. The Bertz CT molecular complexity index is 452. The van der Waals surface area contributed by atoms with E-state index in [1.165, 1.54) is 0 Å². The smallest absolute Gasteiger partial charge is 0.184 e. The number of Topliss-reactive ketones (excluding diaryl/α,β-unsaturated/α-hetero) is 1. The minimum absolute atomic E-state index is 0.107. The van der Waals surface area contributed by atoms with Crippen LogP contribution in [0.3, 0.4) is 0 Å². The van der Waals surface area contributed by atoms with Gasteiger partial charge in [-0.3, -0.25) is 4.79 Å². The summed E-state index contributed by atoms with van der Waals surface area (Å²) in [7, 11) is 1.64. The first-order valence-corrected chi connectivity index (χ1v) is 5.28. The third kappa shape index (κ3) is 2.06. The van der Waals surface area contributed by atoms with E-state index in [0.29, 0.717) is 0 Å². The molecule has 1 saturated carbocycles. The number of hydrogen-bond acceptors (Lipinski definition) is 2. The zero-order valence-electron chi connectivity index (χ0n) is 9.32. The fourth-order valence-corrected chi connectivity index (χ4v) is 1.78. The van der Waals surface area contributed by atoms with Gasteiger partial charge in [0.1, 0.15) is 5.75 Å². The van der Waals surface area contributed by atoms with Gasteiger partial charge in [-0.05, 0) is 42.2 Å². The van der Waals surface area contributed by atoms with Crippen LogP contribution in [-0.2, 0) is 4.79 Å². The second-order valence-corrected chi connectivity index (χ2v) is 3.88. The van der Waals surface area contributed by atoms with Gasteiger partial charge in [0.05, 0.1) is 7.11 Å². The molecule has 0 atom stereocenters. The molecule has 1 aromatic rings. The number of ether oxygens (including phenoxy) is 1. The van der Waals surface area contributed by atoms with Crippen molar-refractivity contribution in [1.82, 2.24) is 0 Å². The van der Waals surface area contributed by atoms with Crippen molar-refractivity contribution >= 4 is 11.9 Å². The van der Waals surface area contributed by atoms with Crippen LogP contribution >= 0.6 is 0 Å². The molecule has 82 valence electrons. The molecule has 2 heteroatoms. The summed E-state index contributed by atoms with van der Waals surface area (Å²) in [6.07, 6.45) is 3.53. The van der Waals surface area contributed by atoms with Crippen molar-refractivity contribution in [3.8, 4) is 5.75 Å². The highest BCUT2D eigenvalue weighted by molar-refractivity contribution is 6.12. The van der Waals surface area contributed by atoms with Crippen LogP contribution in [0.2, 0.25) is 0 Å². The lowest BCUT2D eigenvalue weighted by atomic mass is 10.1. The number of carbonyl (C=O) groups is 1. The van der Waals surface area contributed by atoms with Gasteiger partial charge in [0.25, 0.3) is 0 Å². The number of allylic oxidation sites excluding steroid dienone is 2. The molecule has 2 rings (SSSR count). The molecule has 0 amide bonds. The van der Waals surface area contributed by atoms with Gasteiger partial charge in [0.2, 0.25) is 0 Å². The van der Waals surface area contributed by atoms with Crippen LogP contribution in [0.4, 0.5) is 0 Å². The molecule has 0 spiro atoms. The Morgan fingerprint density at radius 1 is 1.25 bits per heavy atom. The summed E-state index contributed by atoms with van der Waals surface area (Å²) < 4.78 is 5.08. The third-order valence-electron chi connectivity index (χ3n) is 2.77. The molecule has 16 heavy (non-hydrogen) atoms. The number of hydrogen-bond donors (Lipinski definition) is 0. The number of methoxy groups -OCH3 is 1. The van der Waals surface area contributed by atoms with Crippen molar-refractivity contribution in [3.63, 3.8) is 0 Å². The van der Waals surface area contributed by atoms with Gasteiger partial charge in [-0.15, -0.1) is 0 Å². The second kappa shape index (κ2) is 4.35. The zero-order valence-corrected chi connectivity index (χ0v) is 9.32. The number of rotatable bonds is 2. The van der Waals surface area contributed by atoms with Crippen LogP contribution in [0.1, 0.15) is 18.4 Å². The predicted molar refractivity (Wildman–Crippen MR) is 64.4 cm³/mol. The van der Waals surface area contributed by atoms with Crippen LogP contribution in [0, 0.1) is 0 Å². The Morgan fingerprint density at radius 2 is 1.94 bits per heavy atom. The van der Waals surface area contributed by atoms with Gasteiger partial charge in [-0.2, -0.15) is 0 Å². The lowest BCUT2D eigenvalue weighted by Crippen LogP contribution is -1.93. The van der Waals surface area contributed by atoms with Crippen molar-refractivity contribution in [1.29, 1.82) is 0 Å². The summed E-state index contributed by atoms with van der Waals surface area (Å²) in [6, 6.07) is 7.67. The van der Waals surface area contributed by atoms with Crippen molar-refractivity contribution in [2.75, 3.05) is 7.11 Å². The van der Waals surface area contributed by atoms with E-state index >= 15 is 0 Å². The van der Waals surface area contributed by atoms with Crippen LogP contribution in [-0.4, -0.2) is 12.9 Å². The molecule has 2 nitrogen and oxygen atoms in total. The summed E-state index contributed by atoms with van der Waals surface area (Å²) >= 11 is 0. The molecule has 0 aromatic heterocycles. The highest BCUT2D eigenvalue weighted by Gasteiger charge is 2.20. The van der Waals surface area contributed by atoms with Crippen LogP contribution < -0.4 is 4.74 Å². The zero-order chi connectivity index (χ0) is 11.5. The van der Waals surface area contributed by atoms with Gasteiger partial charge in [0, 0.05) is 5.57 Å². The standard InChI is InChI=1S/C14H14O2/c1-10-3-6-12(14(10)15)9-11-4-7-13(16-2)8-5-11/h4-5,7-9H,1,3,6H2,2H3/b12-9+. The molecular weight excluding hydrogens is 200 g/mol. The first-order chi connectivity index (χ1) is 7.70. The summed E-state index contributed by atoms with van der Waals surface area (Å²) in [5.74, 6) is 0.931. The van der Waals surface area contributed by atoms with Gasteiger partial charge in [-0.1, -0.05) is 18.7 Å². The van der Waals surface area contributed by atoms with E-state index in [1.54, 1.807) is 7.11 Å². The molecule has 0 bridgehead atoms. The SMILES string of the molecule is C=C1CC/C(=C\c2ccc(OC)cc2)C1=O. The van der Waals surface area contributed by atoms with E-state index in [0.717, 1.165) is 35.3 Å². The Balaban J connectivity index is 2.23. The van der Waals surface area contributed by atoms with Gasteiger partial charge in [0.15, 0.2) is 5.78 Å². The maximum Gasteiger partial charge on any atom is 0.184 e. The molecule has 1 aliphatic carbocycles. The molecule has 0 N–H and O–H groups in total. The van der Waals surface area contributed by atoms with E-state index < -0.39 is 0 Å². The summed E-state index contributed by atoms with van der Waals surface area (Å²) in [5, 5.41) is 0. The van der Waals surface area contributed by atoms with Gasteiger partial charge < -0.3 is 4.74 Å². The summed E-state index contributed by atoms with van der Waals surface area (Å²) in [4.78, 5) is 11.6. The number of benzene rings is 1. The summed E-state index contributed by atoms with van der Waals surface area (Å²) in [6.45, 7) is 3.74. The highest BCUT2D eigenvalue weighted by Crippen LogP contribution is 2.26. The Kier molecular flexibility index (Phi) is 2.91. The largest absolute Gasteiger partial charge is 0.497 e. The molecule has 0 heterocycles. The van der Waals surface area contributed by atoms with Crippen molar-refractivity contribution in [3.05, 3.63) is 47.6 Å². The number of ketones is 1.